The number of nitrogen functional groups attached to an aromatic ring is 1. The second-order valence-corrected chi connectivity index (χ2v) is 5.44. The van der Waals surface area contributed by atoms with Crippen LogP contribution in [0.1, 0.15) is 45.2 Å². The van der Waals surface area contributed by atoms with Crippen molar-refractivity contribution in [1.82, 2.24) is 14.9 Å². The minimum absolute atomic E-state index is 0.114. The maximum atomic E-state index is 12.0. The topological polar surface area (TPSA) is 137 Å². The van der Waals surface area contributed by atoms with Gasteiger partial charge in [-0.3, -0.25) is 9.56 Å². The van der Waals surface area contributed by atoms with E-state index in [2.05, 4.69) is 21.9 Å². The number of aliphatic imine (C=N–C) groups is 1. The lowest BCUT2D eigenvalue weighted by molar-refractivity contribution is 0.655. The van der Waals surface area contributed by atoms with Crippen LogP contribution in [0.4, 0.5) is 5.82 Å². The molecule has 1 heterocycles. The summed E-state index contributed by atoms with van der Waals surface area (Å²) in [5.41, 5.74) is 18.2. The van der Waals surface area contributed by atoms with Crippen molar-refractivity contribution >= 4 is 17.9 Å². The fourth-order valence-electron chi connectivity index (χ4n) is 2.24. The van der Waals surface area contributed by atoms with Crippen LogP contribution in [-0.4, -0.2) is 28.6 Å². The van der Waals surface area contributed by atoms with Crippen molar-refractivity contribution < 1.29 is 0 Å². The Balaban J connectivity index is 0.00000184. The molecule has 2 rings (SSSR count). The second kappa shape index (κ2) is 14.9. The number of benzene rings is 1. The molecule has 8 heteroatoms. The normalized spacial score (nSPS) is 9.38. The summed E-state index contributed by atoms with van der Waals surface area (Å²) >= 11 is 0. The van der Waals surface area contributed by atoms with E-state index in [4.69, 9.17) is 17.2 Å². The van der Waals surface area contributed by atoms with Gasteiger partial charge >= 0.3 is 5.69 Å². The van der Waals surface area contributed by atoms with E-state index in [1.54, 1.807) is 12.3 Å². The van der Waals surface area contributed by atoms with Gasteiger partial charge in [-0.1, -0.05) is 52.5 Å². The van der Waals surface area contributed by atoms with E-state index >= 15 is 0 Å². The summed E-state index contributed by atoms with van der Waals surface area (Å²) in [6.45, 7) is 13.8. The molecule has 0 aliphatic carbocycles. The van der Waals surface area contributed by atoms with Gasteiger partial charge in [-0.05, 0) is 30.7 Å². The summed E-state index contributed by atoms with van der Waals surface area (Å²) in [6, 6.07) is 7.63. The lowest BCUT2D eigenvalue weighted by atomic mass is 10.2. The number of rotatable bonds is 8. The van der Waals surface area contributed by atoms with Gasteiger partial charge in [0.05, 0.1) is 5.69 Å². The lowest BCUT2D eigenvalue weighted by Crippen LogP contribution is -2.23. The van der Waals surface area contributed by atoms with Crippen LogP contribution in [0.2, 0.25) is 0 Å². The van der Waals surface area contributed by atoms with Crippen molar-refractivity contribution in [2.24, 2.45) is 16.5 Å². The number of nitrogens with zero attached hydrogens (tertiary/aromatic N) is 3. The number of nitrogens with two attached hydrogens (primary N) is 3. The number of aromatic nitrogens is 2. The molecule has 0 saturated carbocycles. The number of hydrogen-bond donors (Lipinski definition) is 4. The maximum Gasteiger partial charge on any atom is 0.354 e. The van der Waals surface area contributed by atoms with Crippen molar-refractivity contribution in [3.8, 4) is 5.69 Å². The van der Waals surface area contributed by atoms with Gasteiger partial charge in [-0.25, -0.2) is 4.79 Å². The van der Waals surface area contributed by atoms with Gasteiger partial charge in [0.15, 0.2) is 5.96 Å². The molecule has 0 radical (unpaired) electrons. The molecule has 0 aliphatic rings. The highest BCUT2D eigenvalue weighted by Gasteiger charge is 2.05. The Labute approximate surface area is 173 Å². The zero-order chi connectivity index (χ0) is 22.2. The van der Waals surface area contributed by atoms with Crippen molar-refractivity contribution in [2.45, 2.75) is 40.7 Å². The summed E-state index contributed by atoms with van der Waals surface area (Å²) < 4.78 is 1.44. The van der Waals surface area contributed by atoms with Crippen molar-refractivity contribution in [2.75, 3.05) is 18.8 Å². The quantitative estimate of drug-likeness (QED) is 0.304. The summed E-state index contributed by atoms with van der Waals surface area (Å²) in [4.78, 5) is 19.7. The van der Waals surface area contributed by atoms with Crippen molar-refractivity contribution in [1.29, 1.82) is 0 Å². The molecule has 1 aromatic carbocycles. The first kappa shape index (κ1) is 25.9. The van der Waals surface area contributed by atoms with Crippen molar-refractivity contribution in [3.63, 3.8) is 0 Å². The standard InChI is InChI=1S/C17H23N7O.2C2H6/c1-2-13-11-24(17(25)23-15(13)18)14-6-4-12(5-7-14)10-21-8-3-9-22-16(19)20;2*1-2/h2,4-7,11,21H,1,3,8-10H2,(H2,18,23,25)(H4,19,20,22);2*1-2H3. The van der Waals surface area contributed by atoms with Gasteiger partial charge in [-0.2, -0.15) is 4.98 Å². The molecular weight excluding hydrogens is 366 g/mol. The van der Waals surface area contributed by atoms with Gasteiger partial charge in [0.2, 0.25) is 0 Å². The third kappa shape index (κ3) is 9.07. The fraction of sp³-hybridized carbons (Fsp3) is 0.381. The number of anilines is 1. The van der Waals surface area contributed by atoms with Gasteiger partial charge in [0, 0.05) is 24.8 Å². The summed E-state index contributed by atoms with van der Waals surface area (Å²) in [5, 5.41) is 3.31. The van der Waals surface area contributed by atoms with Gasteiger partial charge in [0.1, 0.15) is 5.82 Å². The summed E-state index contributed by atoms with van der Waals surface area (Å²) in [7, 11) is 0. The first-order valence-electron chi connectivity index (χ1n) is 9.88. The molecule has 0 fully saturated rings. The zero-order valence-corrected chi connectivity index (χ0v) is 18.0. The Kier molecular flexibility index (Phi) is 13.3. The predicted octanol–water partition coefficient (Wildman–Crippen LogP) is 2.26. The average molecular weight is 402 g/mol. The SMILES string of the molecule is C=Cc1cn(-c2ccc(CNCCCN=C(N)N)cc2)c(=O)nc1N.CC.CC. The van der Waals surface area contributed by atoms with Crippen LogP contribution in [0, 0.1) is 0 Å². The van der Waals surface area contributed by atoms with Crippen LogP contribution in [0.25, 0.3) is 11.8 Å². The highest BCUT2D eigenvalue weighted by atomic mass is 16.1. The van der Waals surface area contributed by atoms with Crippen LogP contribution in [0.15, 0.2) is 46.8 Å². The molecule has 0 amide bonds. The molecule has 0 atom stereocenters. The third-order valence-corrected chi connectivity index (χ3v) is 3.56. The van der Waals surface area contributed by atoms with Crippen LogP contribution in [0.3, 0.4) is 0 Å². The van der Waals surface area contributed by atoms with E-state index in [-0.39, 0.29) is 11.8 Å². The molecule has 0 unspecified atom stereocenters. The van der Waals surface area contributed by atoms with Gasteiger partial charge in [-0.15, -0.1) is 0 Å². The Morgan fingerprint density at radius 1 is 1.21 bits per heavy atom. The Morgan fingerprint density at radius 3 is 2.38 bits per heavy atom. The number of guanidine groups is 1. The predicted molar refractivity (Wildman–Crippen MR) is 124 cm³/mol. The maximum absolute atomic E-state index is 12.0. The minimum Gasteiger partial charge on any atom is -0.383 e. The third-order valence-electron chi connectivity index (χ3n) is 3.56. The van der Waals surface area contributed by atoms with E-state index in [0.717, 1.165) is 30.8 Å². The van der Waals surface area contributed by atoms with E-state index in [1.165, 1.54) is 4.57 Å². The molecular formula is C21H35N7O. The van der Waals surface area contributed by atoms with Crippen LogP contribution >= 0.6 is 0 Å². The number of hydrogen-bond acceptors (Lipinski definition) is 5. The Bertz CT molecular complexity index is 807. The first-order chi connectivity index (χ1) is 14.0. The highest BCUT2D eigenvalue weighted by Crippen LogP contribution is 2.12. The average Bonchev–Trinajstić information content (AvgIpc) is 2.74. The van der Waals surface area contributed by atoms with E-state index < -0.39 is 5.69 Å². The molecule has 0 bridgehead atoms. The van der Waals surface area contributed by atoms with E-state index in [9.17, 15) is 4.79 Å². The zero-order valence-electron chi connectivity index (χ0n) is 18.0. The molecule has 0 aliphatic heterocycles. The Hall–Kier alpha value is -3.13. The molecule has 160 valence electrons. The second-order valence-electron chi connectivity index (χ2n) is 5.44. The molecule has 29 heavy (non-hydrogen) atoms. The van der Waals surface area contributed by atoms with Gasteiger partial charge < -0.3 is 22.5 Å². The largest absolute Gasteiger partial charge is 0.383 e. The summed E-state index contributed by atoms with van der Waals surface area (Å²) in [5.74, 6) is 0.292. The smallest absolute Gasteiger partial charge is 0.354 e. The molecule has 0 saturated heterocycles. The fourth-order valence-corrected chi connectivity index (χ4v) is 2.24. The lowest BCUT2D eigenvalue weighted by Gasteiger charge is -2.09. The molecule has 8 nitrogen and oxygen atoms in total. The van der Waals surface area contributed by atoms with E-state index in [0.29, 0.717) is 12.1 Å². The van der Waals surface area contributed by atoms with E-state index in [1.807, 2.05) is 52.0 Å². The summed E-state index contributed by atoms with van der Waals surface area (Å²) in [6.07, 6.45) is 4.06. The Morgan fingerprint density at radius 2 is 1.83 bits per heavy atom. The van der Waals surface area contributed by atoms with Crippen LogP contribution in [0.5, 0.6) is 0 Å². The van der Waals surface area contributed by atoms with Crippen LogP contribution in [-0.2, 0) is 6.54 Å². The number of nitrogens with one attached hydrogen (secondary N) is 1. The minimum atomic E-state index is -0.422. The molecule has 0 spiro atoms. The van der Waals surface area contributed by atoms with Gasteiger partial charge in [0.25, 0.3) is 0 Å². The molecule has 2 aromatic rings. The molecule has 1 aromatic heterocycles. The van der Waals surface area contributed by atoms with Crippen molar-refractivity contribution in [3.05, 3.63) is 58.7 Å². The highest BCUT2D eigenvalue weighted by molar-refractivity contribution is 5.75. The van der Waals surface area contributed by atoms with Crippen LogP contribution < -0.4 is 28.2 Å². The molecule has 7 N–H and O–H groups in total. The monoisotopic (exact) mass is 401 g/mol. The first-order valence-corrected chi connectivity index (χ1v) is 9.88.